The van der Waals surface area contributed by atoms with Gasteiger partial charge in [0.25, 0.3) is 0 Å². The molecule has 19 heavy (non-hydrogen) atoms. The molecule has 3 nitrogen and oxygen atoms in total. The highest BCUT2D eigenvalue weighted by molar-refractivity contribution is 5.83. The van der Waals surface area contributed by atoms with Crippen molar-refractivity contribution in [1.29, 1.82) is 0 Å². The molecule has 0 spiro atoms. The van der Waals surface area contributed by atoms with E-state index < -0.39 is 0 Å². The van der Waals surface area contributed by atoms with E-state index in [9.17, 15) is 9.18 Å². The zero-order chi connectivity index (χ0) is 13.7. The van der Waals surface area contributed by atoms with Gasteiger partial charge in [-0.25, -0.2) is 4.39 Å². The summed E-state index contributed by atoms with van der Waals surface area (Å²) >= 11 is 0. The van der Waals surface area contributed by atoms with Crippen LogP contribution in [0.1, 0.15) is 31.2 Å². The van der Waals surface area contributed by atoms with Crippen LogP contribution in [-0.4, -0.2) is 25.5 Å². The number of amides is 1. The van der Waals surface area contributed by atoms with Crippen LogP contribution in [0.15, 0.2) is 24.3 Å². The molecule has 0 aliphatic carbocycles. The van der Waals surface area contributed by atoms with Gasteiger partial charge in [0.2, 0.25) is 5.91 Å². The van der Waals surface area contributed by atoms with Crippen LogP contribution >= 0.6 is 0 Å². The molecule has 0 radical (unpaired) electrons. The smallest absolute Gasteiger partial charge is 0.227 e. The average Bonchev–Trinajstić information content (AvgIpc) is 2.91. The number of carbonyl (C=O) groups excluding carboxylic acids is 1. The molecule has 2 atom stereocenters. The monoisotopic (exact) mass is 264 g/mol. The van der Waals surface area contributed by atoms with Crippen LogP contribution in [-0.2, 0) is 4.79 Å². The first-order valence-corrected chi connectivity index (χ1v) is 6.90. The Kier molecular flexibility index (Phi) is 4.91. The fourth-order valence-electron chi connectivity index (χ4n) is 2.44. The lowest BCUT2D eigenvalue weighted by Crippen LogP contribution is -2.30. The van der Waals surface area contributed by atoms with Gasteiger partial charge < -0.3 is 10.6 Å². The Morgan fingerprint density at radius 2 is 2.42 bits per heavy atom. The molecule has 2 N–H and O–H groups in total. The third-order valence-corrected chi connectivity index (χ3v) is 3.76. The first-order chi connectivity index (χ1) is 9.16. The average molecular weight is 264 g/mol. The molecule has 1 fully saturated rings. The molecule has 0 saturated carbocycles. The highest BCUT2D eigenvalue weighted by Gasteiger charge is 2.17. The number of hydrogen-bond acceptors (Lipinski definition) is 2. The topological polar surface area (TPSA) is 41.1 Å². The molecule has 1 aliphatic rings. The minimum atomic E-state index is -0.308. The summed E-state index contributed by atoms with van der Waals surface area (Å²) in [6.07, 6.45) is 2.20. The second kappa shape index (κ2) is 6.66. The fraction of sp³-hybridized carbons (Fsp3) is 0.533. The molecule has 1 aliphatic heterocycles. The number of carbonyl (C=O) groups is 1. The van der Waals surface area contributed by atoms with Crippen molar-refractivity contribution in [3.8, 4) is 0 Å². The van der Waals surface area contributed by atoms with Crippen molar-refractivity contribution in [3.63, 3.8) is 0 Å². The predicted octanol–water partition coefficient (Wildman–Crippen LogP) is 2.04. The van der Waals surface area contributed by atoms with Gasteiger partial charge in [0.15, 0.2) is 0 Å². The molecule has 1 aromatic rings. The maximum atomic E-state index is 13.1. The lowest BCUT2D eigenvalue weighted by Gasteiger charge is -2.14. The highest BCUT2D eigenvalue weighted by atomic mass is 19.1. The van der Waals surface area contributed by atoms with Crippen LogP contribution in [0.25, 0.3) is 0 Å². The van der Waals surface area contributed by atoms with Crippen molar-refractivity contribution in [2.75, 3.05) is 19.6 Å². The first-order valence-electron chi connectivity index (χ1n) is 6.90. The van der Waals surface area contributed by atoms with E-state index in [1.54, 1.807) is 19.1 Å². The first kappa shape index (κ1) is 14.0. The van der Waals surface area contributed by atoms with Crippen molar-refractivity contribution in [2.45, 2.75) is 25.7 Å². The summed E-state index contributed by atoms with van der Waals surface area (Å²) in [4.78, 5) is 12.0. The molecule has 1 saturated heterocycles. The van der Waals surface area contributed by atoms with E-state index in [0.29, 0.717) is 12.5 Å². The van der Waals surface area contributed by atoms with E-state index in [-0.39, 0.29) is 17.6 Å². The van der Waals surface area contributed by atoms with Gasteiger partial charge >= 0.3 is 0 Å². The number of benzene rings is 1. The van der Waals surface area contributed by atoms with E-state index in [0.717, 1.165) is 25.1 Å². The van der Waals surface area contributed by atoms with Gasteiger partial charge in [0, 0.05) is 6.54 Å². The van der Waals surface area contributed by atoms with Gasteiger partial charge in [-0.05, 0) is 56.5 Å². The highest BCUT2D eigenvalue weighted by Crippen LogP contribution is 2.16. The Morgan fingerprint density at radius 3 is 3.11 bits per heavy atom. The molecular formula is C15H21FN2O. The van der Waals surface area contributed by atoms with Gasteiger partial charge in [0.05, 0.1) is 5.92 Å². The Hall–Kier alpha value is -1.42. The van der Waals surface area contributed by atoms with Crippen molar-refractivity contribution in [1.82, 2.24) is 10.6 Å². The number of nitrogens with one attached hydrogen (secondary N) is 2. The molecule has 0 aromatic heterocycles. The molecule has 1 heterocycles. The second-order valence-electron chi connectivity index (χ2n) is 5.22. The number of rotatable bonds is 5. The summed E-state index contributed by atoms with van der Waals surface area (Å²) in [6.45, 7) is 4.64. The van der Waals surface area contributed by atoms with Gasteiger partial charge in [-0.1, -0.05) is 12.1 Å². The van der Waals surface area contributed by atoms with E-state index >= 15 is 0 Å². The van der Waals surface area contributed by atoms with E-state index in [2.05, 4.69) is 10.6 Å². The zero-order valence-electron chi connectivity index (χ0n) is 11.3. The van der Waals surface area contributed by atoms with Crippen LogP contribution in [0.2, 0.25) is 0 Å². The van der Waals surface area contributed by atoms with Crippen LogP contribution in [0.3, 0.4) is 0 Å². The molecule has 2 unspecified atom stereocenters. The summed E-state index contributed by atoms with van der Waals surface area (Å²) in [5, 5.41) is 6.25. The van der Waals surface area contributed by atoms with Crippen molar-refractivity contribution < 1.29 is 9.18 Å². The zero-order valence-corrected chi connectivity index (χ0v) is 11.3. The molecule has 1 amide bonds. The number of hydrogen-bond donors (Lipinski definition) is 2. The molecule has 2 rings (SSSR count). The SMILES string of the molecule is CC(C(=O)NCCC1CCNC1)c1cccc(F)c1. The van der Waals surface area contributed by atoms with Gasteiger partial charge in [-0.3, -0.25) is 4.79 Å². The molecule has 0 bridgehead atoms. The largest absolute Gasteiger partial charge is 0.356 e. The van der Waals surface area contributed by atoms with Crippen LogP contribution in [0.5, 0.6) is 0 Å². The van der Waals surface area contributed by atoms with Gasteiger partial charge in [0.1, 0.15) is 5.82 Å². The second-order valence-corrected chi connectivity index (χ2v) is 5.22. The quantitative estimate of drug-likeness (QED) is 0.854. The normalized spacial score (nSPS) is 20.2. The van der Waals surface area contributed by atoms with E-state index in [1.165, 1.54) is 18.6 Å². The number of halogens is 1. The molecular weight excluding hydrogens is 243 g/mol. The maximum absolute atomic E-state index is 13.1. The predicted molar refractivity (Wildman–Crippen MR) is 73.4 cm³/mol. The summed E-state index contributed by atoms with van der Waals surface area (Å²) in [6, 6.07) is 6.24. The van der Waals surface area contributed by atoms with Crippen LogP contribution in [0.4, 0.5) is 4.39 Å². The maximum Gasteiger partial charge on any atom is 0.227 e. The van der Waals surface area contributed by atoms with Gasteiger partial charge in [-0.15, -0.1) is 0 Å². The molecule has 1 aromatic carbocycles. The minimum absolute atomic E-state index is 0.0310. The van der Waals surface area contributed by atoms with Crippen LogP contribution in [0, 0.1) is 11.7 Å². The van der Waals surface area contributed by atoms with Crippen molar-refractivity contribution >= 4 is 5.91 Å². The van der Waals surface area contributed by atoms with E-state index in [4.69, 9.17) is 0 Å². The lowest BCUT2D eigenvalue weighted by atomic mass is 10.00. The fourth-order valence-corrected chi connectivity index (χ4v) is 2.44. The minimum Gasteiger partial charge on any atom is -0.356 e. The third kappa shape index (κ3) is 4.03. The van der Waals surface area contributed by atoms with Crippen molar-refractivity contribution in [3.05, 3.63) is 35.6 Å². The Labute approximate surface area is 113 Å². The lowest BCUT2D eigenvalue weighted by molar-refractivity contribution is -0.122. The van der Waals surface area contributed by atoms with Crippen molar-refractivity contribution in [2.24, 2.45) is 5.92 Å². The summed E-state index contributed by atoms with van der Waals surface area (Å²) < 4.78 is 13.1. The van der Waals surface area contributed by atoms with E-state index in [1.807, 2.05) is 0 Å². The summed E-state index contributed by atoms with van der Waals surface area (Å²) in [5.74, 6) is 0.0351. The third-order valence-electron chi connectivity index (χ3n) is 3.76. The van der Waals surface area contributed by atoms with Gasteiger partial charge in [-0.2, -0.15) is 0 Å². The standard InChI is InChI=1S/C15H21FN2O/c1-11(13-3-2-4-14(16)9-13)15(19)18-8-6-12-5-7-17-10-12/h2-4,9,11-12,17H,5-8,10H2,1H3,(H,18,19). The van der Waals surface area contributed by atoms with Crippen LogP contribution < -0.4 is 10.6 Å². The Balaban J connectivity index is 1.78. The molecule has 104 valence electrons. The summed E-state index contributed by atoms with van der Waals surface area (Å²) in [7, 11) is 0. The Bertz CT molecular complexity index is 430. The summed E-state index contributed by atoms with van der Waals surface area (Å²) in [5.41, 5.74) is 0.722. The Morgan fingerprint density at radius 1 is 1.58 bits per heavy atom. The molecule has 4 heteroatoms.